The highest BCUT2D eigenvalue weighted by Crippen LogP contribution is 2.33. The summed E-state index contributed by atoms with van der Waals surface area (Å²) in [7, 11) is 4.26. The van der Waals surface area contributed by atoms with Gasteiger partial charge in [0.25, 0.3) is 11.8 Å². The Morgan fingerprint density at radius 2 is 0.916 bits per heavy atom. The van der Waals surface area contributed by atoms with E-state index in [9.17, 15) is 33.0 Å². The number of nitrogens with one attached hydrogen (secondary N) is 6. The van der Waals surface area contributed by atoms with Crippen LogP contribution in [0.4, 0.5) is 47.6 Å². The van der Waals surface area contributed by atoms with Gasteiger partial charge >= 0.3 is 0 Å². The van der Waals surface area contributed by atoms with E-state index in [1.54, 1.807) is 6.07 Å². The van der Waals surface area contributed by atoms with Gasteiger partial charge in [0, 0.05) is 104 Å². The lowest BCUT2D eigenvalue weighted by Gasteiger charge is -2.35. The number of carbonyl (C=O) groups is 2. The second kappa shape index (κ2) is 25.7. The van der Waals surface area contributed by atoms with Crippen molar-refractivity contribution in [2.24, 2.45) is 0 Å². The molecule has 0 bridgehead atoms. The molecular formula is C64H73F3N12O4. The Bertz CT molecular complexity index is 3540. The van der Waals surface area contributed by atoms with Gasteiger partial charge in [0.15, 0.2) is 11.6 Å². The molecule has 4 heterocycles. The number of fused-ring (bicyclic) bond motifs is 2. The molecule has 0 unspecified atom stereocenters. The van der Waals surface area contributed by atoms with Crippen LogP contribution < -0.4 is 31.1 Å². The maximum Gasteiger partial charge on any atom is 0.258 e. The van der Waals surface area contributed by atoms with Gasteiger partial charge in [-0.25, -0.2) is 13.2 Å². The number of aliphatic hydroxyl groups is 2. The summed E-state index contributed by atoms with van der Waals surface area (Å²) in [6.07, 6.45) is 6.78. The molecule has 12 rings (SSSR count). The Balaban J connectivity index is 0.000000174. The summed E-state index contributed by atoms with van der Waals surface area (Å²) < 4.78 is 41.1. The van der Waals surface area contributed by atoms with Crippen molar-refractivity contribution in [3.63, 3.8) is 0 Å². The van der Waals surface area contributed by atoms with Crippen molar-refractivity contribution in [3.05, 3.63) is 166 Å². The summed E-state index contributed by atoms with van der Waals surface area (Å²) in [5.74, 6) is -1.17. The van der Waals surface area contributed by atoms with Gasteiger partial charge < -0.3 is 51.1 Å². The lowest BCUT2D eigenvalue weighted by molar-refractivity contribution is 0.101. The first-order valence-corrected chi connectivity index (χ1v) is 29.0. The van der Waals surface area contributed by atoms with E-state index in [0.717, 1.165) is 166 Å². The number of halogens is 3. The smallest absolute Gasteiger partial charge is 0.258 e. The molecule has 2 aromatic heterocycles. The molecule has 2 saturated carbocycles. The lowest BCUT2D eigenvalue weighted by Crippen LogP contribution is -2.44. The van der Waals surface area contributed by atoms with Crippen LogP contribution in [0.2, 0.25) is 0 Å². The number of carbonyl (C=O) groups excluding carboxylic acids is 2. The summed E-state index contributed by atoms with van der Waals surface area (Å²) >= 11 is 0. The number of rotatable bonds is 14. The van der Waals surface area contributed by atoms with Gasteiger partial charge in [-0.15, -0.1) is 0 Å². The SMILES string of the molecule is CN1CCN(c2ccc(C(=O)Nc3n[nH]c4ccc(Cc5cc(F)cc(F)c5)cc34)c(NC3CCC(O)CC3)c2)CC1.CN1CCN(c2ccc(C(=O)Nc3n[nH]c4ccc(Cc5cccc(F)c5)cc34)c(NC3CCC(O)CC3)c2)CC1. The molecule has 434 valence electrons. The third kappa shape index (κ3) is 14.3. The van der Waals surface area contributed by atoms with Gasteiger partial charge in [0.05, 0.1) is 34.4 Å². The highest BCUT2D eigenvalue weighted by atomic mass is 19.1. The summed E-state index contributed by atoms with van der Waals surface area (Å²) in [6, 6.07) is 33.9. The molecule has 0 atom stereocenters. The van der Waals surface area contributed by atoms with Crippen LogP contribution in [-0.2, 0) is 12.8 Å². The van der Waals surface area contributed by atoms with Gasteiger partial charge in [-0.05, 0) is 185 Å². The van der Waals surface area contributed by atoms with Crippen molar-refractivity contribution in [2.75, 3.05) is 97.5 Å². The molecule has 2 amide bonds. The predicted octanol–water partition coefficient (Wildman–Crippen LogP) is 10.2. The molecule has 0 radical (unpaired) electrons. The quantitative estimate of drug-likeness (QED) is 0.0515. The molecule has 4 fully saturated rings. The molecule has 16 nitrogen and oxygen atoms in total. The highest BCUT2D eigenvalue weighted by Gasteiger charge is 2.26. The number of aromatic nitrogens is 4. The van der Waals surface area contributed by atoms with Crippen molar-refractivity contribution in [2.45, 2.75) is 88.5 Å². The van der Waals surface area contributed by atoms with Gasteiger partial charge in [-0.1, -0.05) is 24.3 Å². The number of piperazine rings is 2. The van der Waals surface area contributed by atoms with E-state index in [4.69, 9.17) is 0 Å². The third-order valence-corrected chi connectivity index (χ3v) is 16.7. The minimum Gasteiger partial charge on any atom is -0.393 e. The third-order valence-electron chi connectivity index (χ3n) is 16.7. The average molecular weight is 1130 g/mol. The van der Waals surface area contributed by atoms with E-state index >= 15 is 0 Å². The zero-order chi connectivity index (χ0) is 57.6. The molecule has 6 aromatic carbocycles. The number of amides is 2. The van der Waals surface area contributed by atoms with Crippen LogP contribution in [-0.4, -0.2) is 143 Å². The van der Waals surface area contributed by atoms with Crippen LogP contribution in [0.5, 0.6) is 0 Å². The normalized spacial score (nSPS) is 19.7. The molecule has 83 heavy (non-hydrogen) atoms. The molecule has 0 spiro atoms. The molecule has 4 aliphatic rings. The van der Waals surface area contributed by atoms with Gasteiger partial charge in [-0.3, -0.25) is 19.8 Å². The topological polar surface area (TPSA) is 193 Å². The summed E-state index contributed by atoms with van der Waals surface area (Å²) in [4.78, 5) is 36.7. The highest BCUT2D eigenvalue weighted by molar-refractivity contribution is 6.12. The largest absolute Gasteiger partial charge is 0.393 e. The summed E-state index contributed by atoms with van der Waals surface area (Å²) in [5, 5.41) is 49.4. The van der Waals surface area contributed by atoms with Gasteiger partial charge in [0.1, 0.15) is 17.5 Å². The molecule has 8 aromatic rings. The van der Waals surface area contributed by atoms with E-state index < -0.39 is 11.6 Å². The van der Waals surface area contributed by atoms with E-state index in [1.165, 1.54) is 24.3 Å². The van der Waals surface area contributed by atoms with E-state index in [-0.39, 0.29) is 41.9 Å². The van der Waals surface area contributed by atoms with E-state index in [0.29, 0.717) is 46.6 Å². The fourth-order valence-electron chi connectivity index (χ4n) is 11.8. The minimum atomic E-state index is -0.616. The molecule has 8 N–H and O–H groups in total. The fraction of sp³-hybridized carbons (Fsp3) is 0.375. The van der Waals surface area contributed by atoms with Crippen LogP contribution in [0, 0.1) is 17.5 Å². The van der Waals surface area contributed by atoms with E-state index in [1.807, 2.05) is 66.7 Å². The molecule has 19 heteroatoms. The lowest BCUT2D eigenvalue weighted by atomic mass is 9.92. The number of hydrogen-bond acceptors (Lipinski definition) is 12. The predicted molar refractivity (Wildman–Crippen MR) is 323 cm³/mol. The number of aliphatic hydroxyl groups excluding tert-OH is 2. The van der Waals surface area contributed by atoms with Crippen LogP contribution in [0.25, 0.3) is 21.8 Å². The van der Waals surface area contributed by atoms with Gasteiger partial charge in [-0.2, -0.15) is 10.2 Å². The van der Waals surface area contributed by atoms with Crippen LogP contribution in [0.15, 0.2) is 115 Å². The van der Waals surface area contributed by atoms with Crippen LogP contribution >= 0.6 is 0 Å². The van der Waals surface area contributed by atoms with Crippen molar-refractivity contribution >= 4 is 68.0 Å². The second-order valence-electron chi connectivity index (χ2n) is 22.9. The fourth-order valence-corrected chi connectivity index (χ4v) is 11.8. The van der Waals surface area contributed by atoms with E-state index in [2.05, 4.69) is 87.5 Å². The Morgan fingerprint density at radius 1 is 0.494 bits per heavy atom. The Labute approximate surface area is 481 Å². The van der Waals surface area contributed by atoms with Crippen molar-refractivity contribution < 1.29 is 33.0 Å². The zero-order valence-electron chi connectivity index (χ0n) is 47.0. The Hall–Kier alpha value is -7.97. The van der Waals surface area contributed by atoms with Gasteiger partial charge in [0.2, 0.25) is 0 Å². The standard InChI is InChI=1S/C32H36F2N6O2.C32H37FN6O2/c1-39-10-12-40(13-11-39)25-5-8-27(30(19-25)35-24-3-6-26(41)7-4-24)32(42)36-31-28-17-20(2-9-29(28)37-38-31)14-21-15-22(33)18-23(34)16-21;1-38-13-15-39(16-14-38)25-8-11-27(30(20-25)34-24-6-9-26(40)10-7-24)32(41)35-31-28-19-22(5-12-29(28)36-37-31)17-21-3-2-4-23(33)18-21/h2,5,8-9,15-19,24,26,35,41H,3-4,6-7,10-14H2,1H3,(H2,36,37,38,42);2-5,8,11-12,18-20,24,26,34,40H,6-7,9-10,13-17H2,1H3,(H2,35,36,37,41). The Morgan fingerprint density at radius 3 is 1.36 bits per heavy atom. The maximum atomic E-state index is 13.7. The van der Waals surface area contributed by atoms with Crippen molar-refractivity contribution in [1.29, 1.82) is 0 Å². The second-order valence-corrected chi connectivity index (χ2v) is 22.9. The Kier molecular flexibility index (Phi) is 17.6. The first-order chi connectivity index (χ1) is 40.2. The number of anilines is 6. The van der Waals surface area contributed by atoms with Crippen LogP contribution in [0.1, 0.15) is 94.3 Å². The average Bonchev–Trinajstić information content (AvgIpc) is 4.20. The molecule has 2 saturated heterocycles. The number of H-pyrrole nitrogens is 2. The van der Waals surface area contributed by atoms with Crippen molar-refractivity contribution in [1.82, 2.24) is 30.2 Å². The maximum absolute atomic E-state index is 13.7. The number of benzene rings is 6. The molecule has 2 aliphatic carbocycles. The number of aromatic amines is 2. The minimum absolute atomic E-state index is 0.170. The number of likely N-dealkylation sites (N-methyl/N-ethyl adjacent to an activating group) is 2. The number of nitrogens with zero attached hydrogens (tertiary/aromatic N) is 6. The molecule has 2 aliphatic heterocycles. The molecular weight excluding hydrogens is 1060 g/mol. The zero-order valence-corrected chi connectivity index (χ0v) is 47.0. The first-order valence-electron chi connectivity index (χ1n) is 29.0. The summed E-state index contributed by atoms with van der Waals surface area (Å²) in [6.45, 7) is 7.67. The van der Waals surface area contributed by atoms with Crippen LogP contribution in [0.3, 0.4) is 0 Å². The van der Waals surface area contributed by atoms with Crippen molar-refractivity contribution in [3.8, 4) is 0 Å². The monoisotopic (exact) mass is 1130 g/mol. The summed E-state index contributed by atoms with van der Waals surface area (Å²) in [5.41, 5.74) is 9.59. The number of hydrogen-bond donors (Lipinski definition) is 8. The first kappa shape index (κ1) is 56.9.